The van der Waals surface area contributed by atoms with Gasteiger partial charge in [-0.3, -0.25) is 4.79 Å². The van der Waals surface area contributed by atoms with E-state index in [1.165, 1.54) is 6.92 Å². The number of benzene rings is 1. The first-order valence-corrected chi connectivity index (χ1v) is 5.80. The van der Waals surface area contributed by atoms with Gasteiger partial charge in [0.2, 0.25) is 0 Å². The number of aliphatic hydroxyl groups is 1. The Bertz CT molecular complexity index is 538. The molecule has 7 nitrogen and oxygen atoms in total. The highest BCUT2D eigenvalue weighted by molar-refractivity contribution is 5.81. The van der Waals surface area contributed by atoms with Gasteiger partial charge < -0.3 is 20.3 Å². The topological polar surface area (TPSA) is 120 Å². The fourth-order valence-corrected chi connectivity index (χ4v) is 1.33. The molecule has 106 valence electrons. The van der Waals surface area contributed by atoms with E-state index in [0.29, 0.717) is 0 Å². The van der Waals surface area contributed by atoms with Gasteiger partial charge in [0, 0.05) is 0 Å². The fraction of sp³-hybridized carbons (Fsp3) is 0.308. The Hall–Kier alpha value is -2.59. The third kappa shape index (κ3) is 4.26. The zero-order chi connectivity index (χ0) is 15.1. The lowest BCUT2D eigenvalue weighted by atomic mass is 10.2. The van der Waals surface area contributed by atoms with E-state index in [1.807, 2.05) is 6.07 Å². The van der Waals surface area contributed by atoms with Crippen molar-refractivity contribution in [2.75, 3.05) is 6.54 Å². The monoisotopic (exact) mass is 278 g/mol. The molecule has 1 aromatic rings. The molecule has 1 unspecified atom stereocenters. The summed E-state index contributed by atoms with van der Waals surface area (Å²) in [7, 11) is 0. The minimum Gasteiger partial charge on any atom is -0.480 e. The number of carbonyl (C=O) groups is 2. The normalized spacial score (nSPS) is 12.8. The Morgan fingerprint density at radius 1 is 1.45 bits per heavy atom. The number of aliphatic hydroxyl groups excluding tert-OH is 1. The van der Waals surface area contributed by atoms with E-state index in [9.17, 15) is 9.59 Å². The smallest absolute Gasteiger partial charge is 0.334 e. The standard InChI is InChI=1S/C13H14N2O5/c1-8(12(17)15-7-10(16)13(18)19)20-11-5-3-2-4-9(11)6-14/h2-5,8,10,16H,7H2,1H3,(H,15,17)(H,18,19)/t8?,10-/m0/s1. The molecule has 0 fully saturated rings. The number of rotatable bonds is 6. The first-order chi connectivity index (χ1) is 9.45. The van der Waals surface area contributed by atoms with Crippen molar-refractivity contribution in [2.24, 2.45) is 0 Å². The molecule has 20 heavy (non-hydrogen) atoms. The fourth-order valence-electron chi connectivity index (χ4n) is 1.33. The highest BCUT2D eigenvalue weighted by Gasteiger charge is 2.19. The number of hydrogen-bond acceptors (Lipinski definition) is 5. The van der Waals surface area contributed by atoms with Crippen LogP contribution < -0.4 is 10.1 Å². The molecule has 1 rings (SSSR count). The second-order valence-electron chi connectivity index (χ2n) is 3.97. The predicted octanol–water partition coefficient (Wildman–Crippen LogP) is -0.113. The molecule has 1 amide bonds. The molecule has 0 aliphatic rings. The van der Waals surface area contributed by atoms with E-state index in [4.69, 9.17) is 20.2 Å². The Kier molecular flexibility index (Phi) is 5.50. The summed E-state index contributed by atoms with van der Waals surface area (Å²) in [6.45, 7) is 1.04. The molecule has 0 aromatic heterocycles. The van der Waals surface area contributed by atoms with E-state index in [0.717, 1.165) is 0 Å². The van der Waals surface area contributed by atoms with Crippen molar-refractivity contribution < 1.29 is 24.5 Å². The molecule has 3 N–H and O–H groups in total. The molecule has 0 heterocycles. The SMILES string of the molecule is CC(Oc1ccccc1C#N)C(=O)NC[C@H](O)C(=O)O. The van der Waals surface area contributed by atoms with E-state index in [2.05, 4.69) is 5.32 Å². The van der Waals surface area contributed by atoms with Crippen LogP contribution >= 0.6 is 0 Å². The van der Waals surface area contributed by atoms with Crippen molar-refractivity contribution >= 4 is 11.9 Å². The lowest BCUT2D eigenvalue weighted by molar-refractivity contribution is -0.146. The molecule has 0 aliphatic carbocycles. The third-order valence-electron chi connectivity index (χ3n) is 2.44. The molecular weight excluding hydrogens is 264 g/mol. The summed E-state index contributed by atoms with van der Waals surface area (Å²) in [6.07, 6.45) is -2.59. The minimum atomic E-state index is -1.67. The maximum Gasteiger partial charge on any atom is 0.334 e. The van der Waals surface area contributed by atoms with E-state index in [1.54, 1.807) is 24.3 Å². The Morgan fingerprint density at radius 3 is 2.70 bits per heavy atom. The van der Waals surface area contributed by atoms with Gasteiger partial charge in [-0.1, -0.05) is 12.1 Å². The van der Waals surface area contributed by atoms with Crippen LogP contribution in [0.4, 0.5) is 0 Å². The summed E-state index contributed by atoms with van der Waals surface area (Å²) in [6, 6.07) is 8.36. The van der Waals surface area contributed by atoms with Crippen molar-refractivity contribution in [1.29, 1.82) is 5.26 Å². The molecule has 7 heteroatoms. The number of nitriles is 1. The van der Waals surface area contributed by atoms with Gasteiger partial charge in [-0.05, 0) is 19.1 Å². The summed E-state index contributed by atoms with van der Waals surface area (Å²) in [5.74, 6) is -1.75. The van der Waals surface area contributed by atoms with Crippen molar-refractivity contribution in [2.45, 2.75) is 19.1 Å². The zero-order valence-electron chi connectivity index (χ0n) is 10.7. The van der Waals surface area contributed by atoms with Gasteiger partial charge in [-0.25, -0.2) is 4.79 Å². The van der Waals surface area contributed by atoms with E-state index in [-0.39, 0.29) is 11.3 Å². The number of carboxylic acids is 1. The number of hydrogen-bond donors (Lipinski definition) is 3. The first kappa shape index (κ1) is 15.5. The number of para-hydroxylation sites is 1. The summed E-state index contributed by atoms with van der Waals surface area (Å²) in [5, 5.41) is 28.6. The van der Waals surface area contributed by atoms with Crippen LogP contribution in [0, 0.1) is 11.3 Å². The average molecular weight is 278 g/mol. The second-order valence-corrected chi connectivity index (χ2v) is 3.97. The molecule has 1 aromatic carbocycles. The highest BCUT2D eigenvalue weighted by Crippen LogP contribution is 2.18. The van der Waals surface area contributed by atoms with Crippen molar-refractivity contribution in [1.82, 2.24) is 5.32 Å². The van der Waals surface area contributed by atoms with E-state index >= 15 is 0 Å². The number of ether oxygens (including phenoxy) is 1. The van der Waals surface area contributed by atoms with Crippen LogP contribution in [0.5, 0.6) is 5.75 Å². The van der Waals surface area contributed by atoms with Crippen LogP contribution in [0.2, 0.25) is 0 Å². The molecule has 0 saturated carbocycles. The van der Waals surface area contributed by atoms with Gasteiger partial charge in [0.1, 0.15) is 11.8 Å². The van der Waals surface area contributed by atoms with Gasteiger partial charge in [0.15, 0.2) is 12.2 Å². The van der Waals surface area contributed by atoms with Crippen LogP contribution in [0.1, 0.15) is 12.5 Å². The van der Waals surface area contributed by atoms with Crippen LogP contribution in [-0.4, -0.2) is 40.8 Å². The number of carbonyl (C=O) groups excluding carboxylic acids is 1. The lowest BCUT2D eigenvalue weighted by Gasteiger charge is -2.16. The second kappa shape index (κ2) is 7.11. The number of amides is 1. The lowest BCUT2D eigenvalue weighted by Crippen LogP contribution is -2.42. The molecule has 0 spiro atoms. The first-order valence-electron chi connectivity index (χ1n) is 5.80. The number of nitrogens with zero attached hydrogens (tertiary/aromatic N) is 1. The van der Waals surface area contributed by atoms with Crippen molar-refractivity contribution in [3.63, 3.8) is 0 Å². The Morgan fingerprint density at radius 2 is 2.10 bits per heavy atom. The summed E-state index contributed by atoms with van der Waals surface area (Å²) >= 11 is 0. The molecule has 0 radical (unpaired) electrons. The maximum atomic E-state index is 11.7. The van der Waals surface area contributed by atoms with Crippen LogP contribution in [0.3, 0.4) is 0 Å². The predicted molar refractivity (Wildman–Crippen MR) is 67.9 cm³/mol. The average Bonchev–Trinajstić information content (AvgIpc) is 2.44. The van der Waals surface area contributed by atoms with Crippen LogP contribution in [0.25, 0.3) is 0 Å². The number of aliphatic carboxylic acids is 1. The summed E-state index contributed by atoms with van der Waals surface area (Å²) < 4.78 is 5.33. The maximum absolute atomic E-state index is 11.7. The molecule has 0 saturated heterocycles. The molecule has 2 atom stereocenters. The summed E-state index contributed by atoms with van der Waals surface area (Å²) in [5.41, 5.74) is 0.290. The Labute approximate surface area is 115 Å². The molecular formula is C13H14N2O5. The van der Waals surface area contributed by atoms with Gasteiger partial charge >= 0.3 is 5.97 Å². The van der Waals surface area contributed by atoms with Crippen molar-refractivity contribution in [3.05, 3.63) is 29.8 Å². The van der Waals surface area contributed by atoms with Crippen molar-refractivity contribution in [3.8, 4) is 11.8 Å². The van der Waals surface area contributed by atoms with Gasteiger partial charge in [-0.15, -0.1) is 0 Å². The van der Waals surface area contributed by atoms with Gasteiger partial charge in [0.05, 0.1) is 12.1 Å². The quantitative estimate of drug-likeness (QED) is 0.667. The van der Waals surface area contributed by atoms with Gasteiger partial charge in [-0.2, -0.15) is 5.26 Å². The minimum absolute atomic E-state index is 0.261. The number of carboxylic acid groups (broad SMARTS) is 1. The highest BCUT2D eigenvalue weighted by atomic mass is 16.5. The Balaban J connectivity index is 2.58. The van der Waals surface area contributed by atoms with Crippen LogP contribution in [-0.2, 0) is 9.59 Å². The van der Waals surface area contributed by atoms with E-state index < -0.39 is 30.6 Å². The summed E-state index contributed by atoms with van der Waals surface area (Å²) in [4.78, 5) is 22.0. The van der Waals surface area contributed by atoms with Crippen LogP contribution in [0.15, 0.2) is 24.3 Å². The third-order valence-corrected chi connectivity index (χ3v) is 2.44. The molecule has 0 aliphatic heterocycles. The zero-order valence-corrected chi connectivity index (χ0v) is 10.7. The van der Waals surface area contributed by atoms with Gasteiger partial charge in [0.25, 0.3) is 5.91 Å². The largest absolute Gasteiger partial charge is 0.480 e. The molecule has 0 bridgehead atoms. The number of nitrogens with one attached hydrogen (secondary N) is 1.